The summed E-state index contributed by atoms with van der Waals surface area (Å²) >= 11 is 0. The number of benzene rings is 1. The van der Waals surface area contributed by atoms with Crippen LogP contribution in [0.25, 0.3) is 0 Å². The molecule has 1 aromatic rings. The Hall–Kier alpha value is -2.08. The van der Waals surface area contributed by atoms with Crippen LogP contribution in [-0.4, -0.2) is 30.7 Å². The third-order valence-electron chi connectivity index (χ3n) is 2.31. The maximum absolute atomic E-state index is 11.6. The van der Waals surface area contributed by atoms with Crippen LogP contribution in [0.4, 0.5) is 0 Å². The molecule has 0 spiro atoms. The molecule has 0 saturated heterocycles. The summed E-state index contributed by atoms with van der Waals surface area (Å²) in [4.78, 5) is 24.6. The molecule has 0 heterocycles. The molecule has 1 unspecified atom stereocenters. The number of carbonyl (C=O) groups is 2. The van der Waals surface area contributed by atoms with Gasteiger partial charge in [-0.3, -0.25) is 9.59 Å². The summed E-state index contributed by atoms with van der Waals surface area (Å²) in [7, 11) is 3.24. The zero-order valence-electron chi connectivity index (χ0n) is 10.2. The second kappa shape index (κ2) is 5.86. The van der Waals surface area contributed by atoms with E-state index < -0.39 is 5.92 Å². The van der Waals surface area contributed by atoms with Crippen LogP contribution in [0.3, 0.4) is 0 Å². The van der Waals surface area contributed by atoms with Gasteiger partial charge in [0.1, 0.15) is 5.92 Å². The van der Waals surface area contributed by atoms with Gasteiger partial charge >= 0.3 is 0 Å². The maximum atomic E-state index is 11.6. The fourth-order valence-corrected chi connectivity index (χ4v) is 1.26. The molecule has 3 heteroatoms. The highest BCUT2D eigenvalue weighted by molar-refractivity contribution is 6.09. The minimum absolute atomic E-state index is 0.225. The molecule has 0 saturated carbocycles. The molecule has 0 radical (unpaired) electrons. The zero-order valence-corrected chi connectivity index (χ0v) is 10.2. The topological polar surface area (TPSA) is 37.4 Å². The van der Waals surface area contributed by atoms with Gasteiger partial charge in [0.2, 0.25) is 11.7 Å². The number of rotatable bonds is 2. The molecule has 1 atom stereocenters. The Balaban J connectivity index is 2.74. The first-order chi connectivity index (χ1) is 8.02. The van der Waals surface area contributed by atoms with E-state index in [9.17, 15) is 9.59 Å². The van der Waals surface area contributed by atoms with Crippen LogP contribution in [0.2, 0.25) is 0 Å². The molecule has 1 amide bonds. The monoisotopic (exact) mass is 229 g/mol. The fraction of sp³-hybridized carbons (Fsp3) is 0.286. The molecule has 0 aliphatic heterocycles. The van der Waals surface area contributed by atoms with Gasteiger partial charge in [0.15, 0.2) is 0 Å². The van der Waals surface area contributed by atoms with Crippen LogP contribution in [0.5, 0.6) is 0 Å². The number of ketones is 1. The molecule has 0 bridgehead atoms. The maximum Gasteiger partial charge on any atom is 0.233 e. The highest BCUT2D eigenvalue weighted by Crippen LogP contribution is 2.01. The summed E-state index contributed by atoms with van der Waals surface area (Å²) in [5, 5.41) is 0. The van der Waals surface area contributed by atoms with E-state index in [0.29, 0.717) is 0 Å². The van der Waals surface area contributed by atoms with Crippen molar-refractivity contribution in [3.8, 4) is 11.8 Å². The van der Waals surface area contributed by atoms with Crippen molar-refractivity contribution in [1.82, 2.24) is 4.90 Å². The third kappa shape index (κ3) is 3.76. The highest BCUT2D eigenvalue weighted by atomic mass is 16.2. The van der Waals surface area contributed by atoms with E-state index in [2.05, 4.69) is 11.8 Å². The Kier molecular flexibility index (Phi) is 4.47. The van der Waals surface area contributed by atoms with Gasteiger partial charge in [-0.15, -0.1) is 0 Å². The van der Waals surface area contributed by atoms with Crippen molar-refractivity contribution < 1.29 is 9.59 Å². The van der Waals surface area contributed by atoms with Gasteiger partial charge in [-0.2, -0.15) is 0 Å². The van der Waals surface area contributed by atoms with E-state index in [1.54, 1.807) is 21.0 Å². The molecule has 17 heavy (non-hydrogen) atoms. The van der Waals surface area contributed by atoms with Gasteiger partial charge in [-0.25, -0.2) is 0 Å². The third-order valence-corrected chi connectivity index (χ3v) is 2.31. The fourth-order valence-electron chi connectivity index (χ4n) is 1.26. The molecular weight excluding hydrogens is 214 g/mol. The van der Waals surface area contributed by atoms with Gasteiger partial charge in [0.25, 0.3) is 0 Å². The van der Waals surface area contributed by atoms with Gasteiger partial charge in [0.05, 0.1) is 0 Å². The first-order valence-corrected chi connectivity index (χ1v) is 5.34. The van der Waals surface area contributed by atoms with Crippen LogP contribution in [0, 0.1) is 17.8 Å². The minimum atomic E-state index is -0.707. The predicted molar refractivity (Wildman–Crippen MR) is 66.2 cm³/mol. The molecule has 3 nitrogen and oxygen atoms in total. The Bertz CT molecular complexity index is 466. The average molecular weight is 229 g/mol. The van der Waals surface area contributed by atoms with Crippen molar-refractivity contribution in [2.75, 3.05) is 14.1 Å². The summed E-state index contributed by atoms with van der Waals surface area (Å²) in [5.41, 5.74) is 0.769. The van der Waals surface area contributed by atoms with Crippen LogP contribution < -0.4 is 0 Å². The van der Waals surface area contributed by atoms with Crippen molar-refractivity contribution in [3.63, 3.8) is 0 Å². The number of Topliss-reactive ketones (excluding diaryl/α,β-unsaturated/α-hetero) is 1. The van der Waals surface area contributed by atoms with Crippen LogP contribution in [0.15, 0.2) is 30.3 Å². The molecule has 0 aromatic heterocycles. The van der Waals surface area contributed by atoms with E-state index in [1.165, 1.54) is 4.90 Å². The summed E-state index contributed by atoms with van der Waals surface area (Å²) in [6, 6.07) is 9.22. The molecule has 0 aliphatic carbocycles. The van der Waals surface area contributed by atoms with E-state index in [0.717, 1.165) is 5.56 Å². The van der Waals surface area contributed by atoms with Gasteiger partial charge in [-0.1, -0.05) is 24.1 Å². The average Bonchev–Trinajstić information content (AvgIpc) is 2.35. The van der Waals surface area contributed by atoms with E-state index in [-0.39, 0.29) is 11.7 Å². The zero-order chi connectivity index (χ0) is 12.8. The highest BCUT2D eigenvalue weighted by Gasteiger charge is 2.20. The second-order valence-corrected chi connectivity index (χ2v) is 3.93. The Morgan fingerprint density at radius 1 is 1.18 bits per heavy atom. The lowest BCUT2D eigenvalue weighted by Gasteiger charge is -2.13. The Labute approximate surface area is 101 Å². The van der Waals surface area contributed by atoms with Gasteiger partial charge in [-0.05, 0) is 25.0 Å². The van der Waals surface area contributed by atoms with E-state index in [1.807, 2.05) is 30.3 Å². The number of hydrogen-bond donors (Lipinski definition) is 0. The Morgan fingerprint density at radius 2 is 1.76 bits per heavy atom. The summed E-state index contributed by atoms with van der Waals surface area (Å²) in [5.74, 6) is 3.96. The predicted octanol–water partition coefficient (Wildman–Crippen LogP) is 1.33. The Morgan fingerprint density at radius 3 is 2.29 bits per heavy atom. The van der Waals surface area contributed by atoms with Gasteiger partial charge < -0.3 is 4.90 Å². The van der Waals surface area contributed by atoms with Crippen LogP contribution in [-0.2, 0) is 9.59 Å². The van der Waals surface area contributed by atoms with Crippen LogP contribution >= 0.6 is 0 Å². The molecule has 0 fully saturated rings. The standard InChI is InChI=1S/C14H15NO2/c1-11(14(17)15(2)3)13(16)10-9-12-7-5-4-6-8-12/h4-8,11H,1-3H3. The first-order valence-electron chi connectivity index (χ1n) is 5.34. The number of amides is 1. The first kappa shape index (κ1) is 13.0. The number of nitrogens with zero attached hydrogens (tertiary/aromatic N) is 1. The lowest BCUT2D eigenvalue weighted by atomic mass is 10.1. The SMILES string of the molecule is CC(C(=O)C#Cc1ccccc1)C(=O)N(C)C. The minimum Gasteiger partial charge on any atom is -0.348 e. The second-order valence-electron chi connectivity index (χ2n) is 3.93. The largest absolute Gasteiger partial charge is 0.348 e. The lowest BCUT2D eigenvalue weighted by molar-refractivity contribution is -0.136. The van der Waals surface area contributed by atoms with Crippen molar-refractivity contribution in [2.24, 2.45) is 5.92 Å². The molecular formula is C14H15NO2. The molecule has 0 aliphatic rings. The van der Waals surface area contributed by atoms with E-state index in [4.69, 9.17) is 0 Å². The lowest BCUT2D eigenvalue weighted by Crippen LogP contribution is -2.32. The molecule has 0 N–H and O–H groups in total. The summed E-state index contributed by atoms with van der Waals surface area (Å²) < 4.78 is 0. The molecule has 1 rings (SSSR count). The van der Waals surface area contributed by atoms with E-state index >= 15 is 0 Å². The van der Waals surface area contributed by atoms with Crippen molar-refractivity contribution in [3.05, 3.63) is 35.9 Å². The summed E-state index contributed by atoms with van der Waals surface area (Å²) in [6.45, 7) is 1.57. The number of carbonyl (C=O) groups excluding carboxylic acids is 2. The molecule has 1 aromatic carbocycles. The van der Waals surface area contributed by atoms with Crippen LogP contribution in [0.1, 0.15) is 12.5 Å². The summed E-state index contributed by atoms with van der Waals surface area (Å²) in [6.07, 6.45) is 0. The molecule has 88 valence electrons. The smallest absolute Gasteiger partial charge is 0.233 e. The quantitative estimate of drug-likeness (QED) is 0.567. The van der Waals surface area contributed by atoms with Crippen molar-refractivity contribution >= 4 is 11.7 Å². The van der Waals surface area contributed by atoms with Gasteiger partial charge in [0, 0.05) is 19.7 Å². The number of hydrogen-bond acceptors (Lipinski definition) is 2. The van der Waals surface area contributed by atoms with Crippen molar-refractivity contribution in [2.45, 2.75) is 6.92 Å². The normalized spacial score (nSPS) is 11.0. The van der Waals surface area contributed by atoms with Crippen molar-refractivity contribution in [1.29, 1.82) is 0 Å².